The second-order valence-electron chi connectivity index (χ2n) is 2.43. The van der Waals surface area contributed by atoms with Crippen LogP contribution in [0.1, 0.15) is 11.1 Å². The number of rotatable bonds is 2. The molecule has 0 atom stereocenters. The van der Waals surface area contributed by atoms with Gasteiger partial charge in [0.1, 0.15) is 11.8 Å². The van der Waals surface area contributed by atoms with E-state index in [1.165, 1.54) is 0 Å². The molecule has 0 radical (unpaired) electrons. The third-order valence-corrected chi connectivity index (χ3v) is 2.73. The maximum atomic E-state index is 8.90. The first-order valence-corrected chi connectivity index (χ1v) is 4.68. The van der Waals surface area contributed by atoms with E-state index < -0.39 is 0 Å². The summed E-state index contributed by atoms with van der Waals surface area (Å²) in [4.78, 5) is 0. The summed E-state index contributed by atoms with van der Waals surface area (Å²) in [5.74, 6) is 0.628. The van der Waals surface area contributed by atoms with Gasteiger partial charge in [-0.2, -0.15) is 5.26 Å². The lowest BCUT2D eigenvalue weighted by Crippen LogP contribution is -1.94. The quantitative estimate of drug-likeness (QED) is 0.842. The number of aliphatic hydroxyl groups is 1. The van der Waals surface area contributed by atoms with Crippen molar-refractivity contribution in [1.29, 1.82) is 5.26 Å². The van der Waals surface area contributed by atoms with Crippen molar-refractivity contribution in [1.82, 2.24) is 0 Å². The van der Waals surface area contributed by atoms with Crippen LogP contribution in [0.4, 0.5) is 0 Å². The lowest BCUT2D eigenvalue weighted by molar-refractivity contribution is 0.281. The van der Waals surface area contributed by atoms with Crippen LogP contribution in [0.5, 0.6) is 5.75 Å². The van der Waals surface area contributed by atoms with Crippen molar-refractivity contribution in [2.75, 3.05) is 7.11 Å². The molecule has 0 unspecified atom stereocenters. The average molecular weight is 289 g/mol. The highest BCUT2D eigenvalue weighted by molar-refractivity contribution is 14.1. The lowest BCUT2D eigenvalue weighted by Gasteiger charge is -2.06. The van der Waals surface area contributed by atoms with Crippen molar-refractivity contribution in [3.8, 4) is 11.8 Å². The van der Waals surface area contributed by atoms with E-state index in [1.54, 1.807) is 19.2 Å². The summed E-state index contributed by atoms with van der Waals surface area (Å²) in [6, 6.07) is 5.43. The van der Waals surface area contributed by atoms with Gasteiger partial charge in [0.05, 0.1) is 22.9 Å². The Bertz CT molecular complexity index is 357. The first kappa shape index (κ1) is 10.3. The molecule has 1 aromatic carbocycles. The van der Waals surface area contributed by atoms with Gasteiger partial charge in [-0.15, -0.1) is 0 Å². The van der Waals surface area contributed by atoms with Crippen LogP contribution in [0, 0.1) is 14.9 Å². The zero-order valence-electron chi connectivity index (χ0n) is 7.04. The van der Waals surface area contributed by atoms with Gasteiger partial charge in [-0.05, 0) is 40.3 Å². The Kier molecular flexibility index (Phi) is 3.51. The number of hydrogen-bond acceptors (Lipinski definition) is 3. The summed E-state index contributed by atoms with van der Waals surface area (Å²) in [7, 11) is 1.54. The van der Waals surface area contributed by atoms with Crippen LogP contribution in [0.15, 0.2) is 12.1 Å². The fraction of sp³-hybridized carbons (Fsp3) is 0.222. The van der Waals surface area contributed by atoms with E-state index in [-0.39, 0.29) is 6.61 Å². The monoisotopic (exact) mass is 289 g/mol. The first-order chi connectivity index (χ1) is 6.22. The molecule has 1 rings (SSSR count). The Morgan fingerprint density at radius 2 is 2.31 bits per heavy atom. The van der Waals surface area contributed by atoms with Crippen molar-refractivity contribution in [3.05, 3.63) is 26.8 Å². The number of nitrogens with zero attached hydrogens (tertiary/aromatic N) is 1. The third kappa shape index (κ3) is 2.11. The predicted octanol–water partition coefficient (Wildman–Crippen LogP) is 1.66. The Morgan fingerprint density at radius 3 is 2.77 bits per heavy atom. The standard InChI is InChI=1S/C9H8INO2/c1-13-8-3-6(5-12)2-7(4-11)9(8)10/h2-3,12H,5H2,1H3. The summed E-state index contributed by atoms with van der Waals surface area (Å²) in [5.41, 5.74) is 1.22. The minimum atomic E-state index is -0.0814. The van der Waals surface area contributed by atoms with E-state index in [0.29, 0.717) is 16.9 Å². The highest BCUT2D eigenvalue weighted by atomic mass is 127. The van der Waals surface area contributed by atoms with Gasteiger partial charge in [0.25, 0.3) is 0 Å². The minimum absolute atomic E-state index is 0.0814. The molecule has 0 aliphatic heterocycles. The van der Waals surface area contributed by atoms with Crippen LogP contribution in [-0.2, 0) is 6.61 Å². The smallest absolute Gasteiger partial charge is 0.133 e. The number of halogens is 1. The highest BCUT2D eigenvalue weighted by Crippen LogP contribution is 2.25. The fourth-order valence-corrected chi connectivity index (χ4v) is 1.63. The Balaban J connectivity index is 3.31. The van der Waals surface area contributed by atoms with Crippen molar-refractivity contribution in [2.45, 2.75) is 6.61 Å². The Morgan fingerprint density at radius 1 is 1.62 bits per heavy atom. The molecule has 0 amide bonds. The van der Waals surface area contributed by atoms with E-state index in [9.17, 15) is 0 Å². The van der Waals surface area contributed by atoms with Crippen LogP contribution in [0.3, 0.4) is 0 Å². The average Bonchev–Trinajstić information content (AvgIpc) is 2.18. The van der Waals surface area contributed by atoms with Crippen molar-refractivity contribution < 1.29 is 9.84 Å². The minimum Gasteiger partial charge on any atom is -0.496 e. The van der Waals surface area contributed by atoms with Crippen molar-refractivity contribution in [2.24, 2.45) is 0 Å². The van der Waals surface area contributed by atoms with Gasteiger partial charge in [0, 0.05) is 0 Å². The predicted molar refractivity (Wildman–Crippen MR) is 56.3 cm³/mol. The molecule has 0 bridgehead atoms. The second-order valence-corrected chi connectivity index (χ2v) is 3.51. The molecule has 1 N–H and O–H groups in total. The van der Waals surface area contributed by atoms with Crippen LogP contribution in [-0.4, -0.2) is 12.2 Å². The number of ether oxygens (including phenoxy) is 1. The number of hydrogen-bond donors (Lipinski definition) is 1. The topological polar surface area (TPSA) is 53.2 Å². The molecule has 4 heteroatoms. The zero-order valence-corrected chi connectivity index (χ0v) is 9.20. The molecule has 68 valence electrons. The van der Waals surface area contributed by atoms with Crippen LogP contribution < -0.4 is 4.74 Å². The molecule has 3 nitrogen and oxygen atoms in total. The second kappa shape index (κ2) is 4.44. The van der Waals surface area contributed by atoms with E-state index in [0.717, 1.165) is 3.57 Å². The Labute approximate surface area is 90.1 Å². The highest BCUT2D eigenvalue weighted by Gasteiger charge is 2.07. The summed E-state index contributed by atoms with van der Waals surface area (Å²) < 4.78 is 5.84. The first-order valence-electron chi connectivity index (χ1n) is 3.60. The summed E-state index contributed by atoms with van der Waals surface area (Å²) in [6.07, 6.45) is 0. The summed E-state index contributed by atoms with van der Waals surface area (Å²) in [5, 5.41) is 17.7. The molecule has 13 heavy (non-hydrogen) atoms. The molecule has 0 saturated carbocycles. The number of aliphatic hydroxyl groups excluding tert-OH is 1. The molecule has 0 fully saturated rings. The fourth-order valence-electron chi connectivity index (χ4n) is 0.976. The number of methoxy groups -OCH3 is 1. The molecule has 0 aliphatic rings. The molecule has 0 aromatic heterocycles. The SMILES string of the molecule is COc1cc(CO)cc(C#N)c1I. The molecule has 0 aliphatic carbocycles. The van der Waals surface area contributed by atoms with E-state index in [1.807, 2.05) is 28.7 Å². The summed E-state index contributed by atoms with van der Waals surface area (Å²) >= 11 is 2.04. The van der Waals surface area contributed by atoms with E-state index >= 15 is 0 Å². The molecular formula is C9H8INO2. The van der Waals surface area contributed by atoms with Crippen molar-refractivity contribution in [3.63, 3.8) is 0 Å². The maximum Gasteiger partial charge on any atom is 0.133 e. The van der Waals surface area contributed by atoms with Crippen molar-refractivity contribution >= 4 is 22.6 Å². The van der Waals surface area contributed by atoms with Gasteiger partial charge < -0.3 is 9.84 Å². The normalized spacial score (nSPS) is 9.38. The lowest BCUT2D eigenvalue weighted by atomic mass is 10.1. The largest absolute Gasteiger partial charge is 0.496 e. The van der Waals surface area contributed by atoms with E-state index in [2.05, 4.69) is 0 Å². The maximum absolute atomic E-state index is 8.90. The Hall–Kier alpha value is -0.800. The summed E-state index contributed by atoms with van der Waals surface area (Å²) in [6.45, 7) is -0.0814. The molecule has 1 aromatic rings. The van der Waals surface area contributed by atoms with Gasteiger partial charge in [-0.1, -0.05) is 0 Å². The molecule has 0 spiro atoms. The van der Waals surface area contributed by atoms with Gasteiger partial charge >= 0.3 is 0 Å². The number of benzene rings is 1. The van der Waals surface area contributed by atoms with Crippen LogP contribution in [0.2, 0.25) is 0 Å². The van der Waals surface area contributed by atoms with Crippen LogP contribution in [0.25, 0.3) is 0 Å². The zero-order chi connectivity index (χ0) is 9.84. The van der Waals surface area contributed by atoms with E-state index in [4.69, 9.17) is 15.1 Å². The number of nitriles is 1. The van der Waals surface area contributed by atoms with Gasteiger partial charge in [0.15, 0.2) is 0 Å². The van der Waals surface area contributed by atoms with Gasteiger partial charge in [0.2, 0.25) is 0 Å². The molecular weight excluding hydrogens is 281 g/mol. The third-order valence-electron chi connectivity index (χ3n) is 1.62. The van der Waals surface area contributed by atoms with Crippen LogP contribution >= 0.6 is 22.6 Å². The van der Waals surface area contributed by atoms with Gasteiger partial charge in [-0.3, -0.25) is 0 Å². The molecule has 0 saturated heterocycles. The van der Waals surface area contributed by atoms with Gasteiger partial charge in [-0.25, -0.2) is 0 Å². The molecule has 0 heterocycles.